The van der Waals surface area contributed by atoms with Crippen molar-refractivity contribution >= 4 is 12.6 Å². The van der Waals surface area contributed by atoms with E-state index in [-0.39, 0.29) is 0 Å². The Morgan fingerprint density at radius 1 is 1.14 bits per heavy atom. The molecular formula is C14H14N4O3S. The summed E-state index contributed by atoms with van der Waals surface area (Å²) in [5.41, 5.74) is 0.562. The molecule has 8 heteroatoms. The summed E-state index contributed by atoms with van der Waals surface area (Å²) >= 11 is 4.37. The minimum atomic E-state index is 0.369. The molecule has 3 heterocycles. The Bertz CT molecular complexity index is 790. The third-order valence-corrected chi connectivity index (χ3v) is 3.39. The number of nitrogens with zero attached hydrogens (tertiary/aromatic N) is 4. The lowest BCUT2D eigenvalue weighted by atomic mass is 10.3. The van der Waals surface area contributed by atoms with Gasteiger partial charge in [0.2, 0.25) is 11.7 Å². The zero-order valence-electron chi connectivity index (χ0n) is 12.3. The number of rotatable bonds is 4. The highest BCUT2D eigenvalue weighted by Crippen LogP contribution is 2.35. The normalized spacial score (nSPS) is 10.7. The molecular weight excluding hydrogens is 304 g/mol. The van der Waals surface area contributed by atoms with Gasteiger partial charge in [-0.2, -0.15) is 0 Å². The first-order valence-electron chi connectivity index (χ1n) is 6.44. The van der Waals surface area contributed by atoms with E-state index in [0.717, 1.165) is 5.76 Å². The van der Waals surface area contributed by atoms with E-state index in [4.69, 9.17) is 13.9 Å². The van der Waals surface area contributed by atoms with Crippen molar-refractivity contribution < 1.29 is 13.9 Å². The summed E-state index contributed by atoms with van der Waals surface area (Å²) < 4.78 is 18.0. The fourth-order valence-corrected chi connectivity index (χ4v) is 2.37. The van der Waals surface area contributed by atoms with Crippen molar-refractivity contribution in [3.63, 3.8) is 0 Å². The maximum absolute atomic E-state index is 5.63. The van der Waals surface area contributed by atoms with E-state index in [9.17, 15) is 0 Å². The minimum Gasteiger partial charge on any atom is -0.494 e. The van der Waals surface area contributed by atoms with Gasteiger partial charge in [0.1, 0.15) is 11.5 Å². The Morgan fingerprint density at radius 2 is 1.95 bits per heavy atom. The van der Waals surface area contributed by atoms with Crippen LogP contribution in [-0.4, -0.2) is 34.0 Å². The SMILES string of the molecule is COc1ccnc(OC)c1-n1c(S)nnc1-c1ccc(C)o1. The molecule has 0 radical (unpaired) electrons. The quantitative estimate of drug-likeness (QED) is 0.745. The molecule has 0 aliphatic heterocycles. The van der Waals surface area contributed by atoms with Gasteiger partial charge in [0, 0.05) is 12.3 Å². The molecule has 0 fully saturated rings. The molecule has 0 saturated heterocycles. The fraction of sp³-hybridized carbons (Fsp3) is 0.214. The summed E-state index contributed by atoms with van der Waals surface area (Å²) in [5, 5.41) is 8.51. The summed E-state index contributed by atoms with van der Waals surface area (Å²) in [5.74, 6) is 2.77. The molecule has 22 heavy (non-hydrogen) atoms. The molecule has 0 spiro atoms. The van der Waals surface area contributed by atoms with Crippen LogP contribution in [0.3, 0.4) is 0 Å². The molecule has 7 nitrogen and oxygen atoms in total. The number of pyridine rings is 1. The van der Waals surface area contributed by atoms with E-state index in [1.807, 2.05) is 19.1 Å². The molecule has 3 aromatic rings. The lowest BCUT2D eigenvalue weighted by Gasteiger charge is -2.14. The Morgan fingerprint density at radius 3 is 2.59 bits per heavy atom. The molecule has 0 bridgehead atoms. The van der Waals surface area contributed by atoms with Crippen LogP contribution in [0.1, 0.15) is 5.76 Å². The first-order chi connectivity index (χ1) is 10.7. The van der Waals surface area contributed by atoms with Crippen LogP contribution in [-0.2, 0) is 0 Å². The van der Waals surface area contributed by atoms with Gasteiger partial charge in [-0.3, -0.25) is 4.57 Å². The number of aromatic nitrogens is 4. The van der Waals surface area contributed by atoms with E-state index >= 15 is 0 Å². The van der Waals surface area contributed by atoms with Crippen molar-refractivity contribution in [2.75, 3.05) is 14.2 Å². The standard InChI is InChI=1S/C14H14N4O3S/c1-8-4-5-10(21-8)12-16-17-14(22)18(12)11-9(19-2)6-7-15-13(11)20-3/h4-7H,1-3H3,(H,17,22). The zero-order chi connectivity index (χ0) is 15.7. The predicted molar refractivity (Wildman–Crippen MR) is 81.9 cm³/mol. The molecule has 0 amide bonds. The maximum atomic E-state index is 5.63. The largest absolute Gasteiger partial charge is 0.494 e. The number of furan rings is 1. The van der Waals surface area contributed by atoms with E-state index in [2.05, 4.69) is 27.8 Å². The average molecular weight is 318 g/mol. The average Bonchev–Trinajstić information content (AvgIpc) is 3.12. The molecule has 0 aliphatic rings. The van der Waals surface area contributed by atoms with Crippen molar-refractivity contribution in [1.29, 1.82) is 0 Å². The van der Waals surface area contributed by atoms with Crippen molar-refractivity contribution in [3.8, 4) is 28.9 Å². The van der Waals surface area contributed by atoms with Gasteiger partial charge < -0.3 is 13.9 Å². The number of hydrogen-bond acceptors (Lipinski definition) is 7. The summed E-state index contributed by atoms with van der Waals surface area (Å²) in [6.45, 7) is 1.86. The first-order valence-corrected chi connectivity index (χ1v) is 6.89. The molecule has 0 saturated carbocycles. The van der Waals surface area contributed by atoms with Crippen LogP contribution >= 0.6 is 12.6 Å². The maximum Gasteiger partial charge on any atom is 0.242 e. The van der Waals surface area contributed by atoms with Crippen LogP contribution in [0, 0.1) is 6.92 Å². The molecule has 3 aromatic heterocycles. The highest BCUT2D eigenvalue weighted by Gasteiger charge is 2.23. The highest BCUT2D eigenvalue weighted by atomic mass is 32.1. The predicted octanol–water partition coefficient (Wildman–Crippen LogP) is 2.54. The van der Waals surface area contributed by atoms with Crippen LogP contribution in [0.5, 0.6) is 11.6 Å². The van der Waals surface area contributed by atoms with Crippen LogP contribution in [0.15, 0.2) is 34.0 Å². The second-order valence-corrected chi connectivity index (χ2v) is 4.84. The Kier molecular flexibility index (Phi) is 3.76. The summed E-state index contributed by atoms with van der Waals surface area (Å²) in [4.78, 5) is 4.20. The summed E-state index contributed by atoms with van der Waals surface area (Å²) in [7, 11) is 3.10. The van der Waals surface area contributed by atoms with E-state index in [1.165, 1.54) is 7.11 Å². The number of hydrogen-bond donors (Lipinski definition) is 1. The van der Waals surface area contributed by atoms with Gasteiger partial charge in [0.25, 0.3) is 0 Å². The summed E-state index contributed by atoms with van der Waals surface area (Å²) in [6, 6.07) is 5.39. The van der Waals surface area contributed by atoms with Gasteiger partial charge in [-0.15, -0.1) is 22.8 Å². The van der Waals surface area contributed by atoms with Crippen molar-refractivity contribution in [2.45, 2.75) is 12.1 Å². The second kappa shape index (κ2) is 5.72. The lowest BCUT2D eigenvalue weighted by molar-refractivity contribution is 0.378. The Hall–Kier alpha value is -2.48. The smallest absolute Gasteiger partial charge is 0.242 e. The van der Waals surface area contributed by atoms with Gasteiger partial charge >= 0.3 is 0 Å². The Balaban J connectivity index is 2.28. The van der Waals surface area contributed by atoms with Crippen molar-refractivity contribution in [3.05, 3.63) is 30.2 Å². The molecule has 0 unspecified atom stereocenters. The Labute approximate surface area is 132 Å². The third-order valence-electron chi connectivity index (χ3n) is 3.10. The monoisotopic (exact) mass is 318 g/mol. The minimum absolute atomic E-state index is 0.369. The first kappa shape index (κ1) is 14.5. The van der Waals surface area contributed by atoms with E-state index < -0.39 is 0 Å². The van der Waals surface area contributed by atoms with Crippen LogP contribution in [0.4, 0.5) is 0 Å². The van der Waals surface area contributed by atoms with Crippen LogP contribution < -0.4 is 9.47 Å². The van der Waals surface area contributed by atoms with Gasteiger partial charge in [-0.1, -0.05) is 0 Å². The zero-order valence-corrected chi connectivity index (χ0v) is 13.2. The molecule has 3 rings (SSSR count). The van der Waals surface area contributed by atoms with Gasteiger partial charge in [0.15, 0.2) is 16.6 Å². The van der Waals surface area contributed by atoms with Crippen molar-refractivity contribution in [2.24, 2.45) is 0 Å². The fourth-order valence-electron chi connectivity index (χ4n) is 2.13. The number of thiol groups is 1. The third kappa shape index (κ3) is 2.31. The van der Waals surface area contributed by atoms with Crippen LogP contribution in [0.25, 0.3) is 17.3 Å². The van der Waals surface area contributed by atoms with Gasteiger partial charge in [-0.25, -0.2) is 4.98 Å². The van der Waals surface area contributed by atoms with E-state index in [1.54, 1.807) is 23.9 Å². The molecule has 0 aliphatic carbocycles. The van der Waals surface area contributed by atoms with Gasteiger partial charge in [0.05, 0.1) is 14.2 Å². The van der Waals surface area contributed by atoms with Gasteiger partial charge in [-0.05, 0) is 19.1 Å². The molecule has 0 atom stereocenters. The number of ether oxygens (including phenoxy) is 2. The van der Waals surface area contributed by atoms with Crippen molar-refractivity contribution in [1.82, 2.24) is 19.7 Å². The summed E-state index contributed by atoms with van der Waals surface area (Å²) in [6.07, 6.45) is 1.60. The van der Waals surface area contributed by atoms with E-state index in [0.29, 0.717) is 34.1 Å². The lowest BCUT2D eigenvalue weighted by Crippen LogP contribution is -2.05. The molecule has 0 aromatic carbocycles. The number of aryl methyl sites for hydroxylation is 1. The molecule has 0 N–H and O–H groups in total. The highest BCUT2D eigenvalue weighted by molar-refractivity contribution is 7.80. The second-order valence-electron chi connectivity index (χ2n) is 4.44. The number of methoxy groups -OCH3 is 2. The topological polar surface area (TPSA) is 75.2 Å². The molecule has 114 valence electrons. The van der Waals surface area contributed by atoms with Crippen LogP contribution in [0.2, 0.25) is 0 Å².